The maximum absolute atomic E-state index is 12.5. The van der Waals surface area contributed by atoms with Crippen molar-refractivity contribution in [2.45, 2.75) is 19.4 Å². The molecule has 1 amide bonds. The standard InChI is InChI=1S/C21H17Br2N3O5/c1-2-17(31-18-8-7-12-5-3-4-6-15(12)19(18)23)21(28)25-24-11-13-9-14(26(29)30)10-16(22)20(13)27/h3-11,17,27H,2H2,1H3,(H,25,28)/b24-11-/t17-/m1/s1. The van der Waals surface area contributed by atoms with E-state index in [-0.39, 0.29) is 21.5 Å². The number of amides is 1. The summed E-state index contributed by atoms with van der Waals surface area (Å²) in [5.41, 5.74) is 2.20. The van der Waals surface area contributed by atoms with E-state index in [4.69, 9.17) is 4.74 Å². The van der Waals surface area contributed by atoms with Crippen molar-refractivity contribution in [1.82, 2.24) is 5.43 Å². The summed E-state index contributed by atoms with van der Waals surface area (Å²) >= 11 is 6.58. The van der Waals surface area contributed by atoms with Gasteiger partial charge in [-0.3, -0.25) is 14.9 Å². The first-order valence-electron chi connectivity index (χ1n) is 9.15. The van der Waals surface area contributed by atoms with E-state index >= 15 is 0 Å². The number of nitro groups is 1. The number of halogens is 2. The minimum atomic E-state index is -0.819. The van der Waals surface area contributed by atoms with Gasteiger partial charge in [0, 0.05) is 17.7 Å². The molecule has 0 saturated heterocycles. The second kappa shape index (κ2) is 9.88. The number of nitrogens with zero attached hydrogens (tertiary/aromatic N) is 2. The number of aromatic hydroxyl groups is 1. The highest BCUT2D eigenvalue weighted by Crippen LogP contribution is 2.34. The third kappa shape index (κ3) is 5.20. The number of phenolic OH excluding ortho intramolecular Hbond substituents is 1. The molecule has 0 aliphatic heterocycles. The van der Waals surface area contributed by atoms with E-state index in [1.54, 1.807) is 13.0 Å². The summed E-state index contributed by atoms with van der Waals surface area (Å²) in [5.74, 6) is -0.209. The second-order valence-corrected chi connectivity index (χ2v) is 8.12. The number of benzene rings is 3. The van der Waals surface area contributed by atoms with E-state index in [1.807, 2.05) is 30.3 Å². The Kier molecular flexibility index (Phi) is 7.24. The van der Waals surface area contributed by atoms with Gasteiger partial charge in [-0.25, -0.2) is 5.43 Å². The van der Waals surface area contributed by atoms with Crippen LogP contribution in [0.15, 0.2) is 62.6 Å². The number of carbonyl (C=O) groups excluding carboxylic acids is 1. The molecule has 0 aromatic heterocycles. The number of fused-ring (bicyclic) bond motifs is 1. The largest absolute Gasteiger partial charge is 0.506 e. The maximum atomic E-state index is 12.5. The van der Waals surface area contributed by atoms with Gasteiger partial charge >= 0.3 is 0 Å². The molecular weight excluding hydrogens is 534 g/mol. The van der Waals surface area contributed by atoms with E-state index in [0.29, 0.717) is 12.2 Å². The Bertz CT molecular complexity index is 1180. The number of hydrogen-bond acceptors (Lipinski definition) is 6. The molecule has 1 atom stereocenters. The Morgan fingerprint density at radius 1 is 1.29 bits per heavy atom. The molecule has 31 heavy (non-hydrogen) atoms. The number of phenols is 1. The molecule has 8 nitrogen and oxygen atoms in total. The van der Waals surface area contributed by atoms with Crippen LogP contribution in [0.3, 0.4) is 0 Å². The summed E-state index contributed by atoms with van der Waals surface area (Å²) in [5, 5.41) is 26.8. The number of non-ortho nitro benzene ring substituents is 1. The van der Waals surface area contributed by atoms with Gasteiger partial charge < -0.3 is 9.84 Å². The lowest BCUT2D eigenvalue weighted by molar-refractivity contribution is -0.385. The lowest BCUT2D eigenvalue weighted by Gasteiger charge is -2.17. The highest BCUT2D eigenvalue weighted by molar-refractivity contribution is 9.11. The van der Waals surface area contributed by atoms with E-state index in [1.165, 1.54) is 6.07 Å². The number of nitro benzene ring substituents is 1. The molecule has 0 unspecified atom stereocenters. The minimum absolute atomic E-state index is 0.0765. The van der Waals surface area contributed by atoms with E-state index in [2.05, 4.69) is 42.4 Å². The van der Waals surface area contributed by atoms with Gasteiger partial charge in [0.25, 0.3) is 11.6 Å². The fraction of sp³-hybridized carbons (Fsp3) is 0.143. The number of hydrogen-bond donors (Lipinski definition) is 2. The van der Waals surface area contributed by atoms with Gasteiger partial charge in [0.05, 0.1) is 20.1 Å². The maximum Gasteiger partial charge on any atom is 0.281 e. The van der Waals surface area contributed by atoms with Gasteiger partial charge in [-0.1, -0.05) is 37.3 Å². The smallest absolute Gasteiger partial charge is 0.281 e. The van der Waals surface area contributed by atoms with E-state index < -0.39 is 16.9 Å². The van der Waals surface area contributed by atoms with Crippen LogP contribution in [0.25, 0.3) is 10.8 Å². The highest BCUT2D eigenvalue weighted by atomic mass is 79.9. The topological polar surface area (TPSA) is 114 Å². The van der Waals surface area contributed by atoms with Crippen molar-refractivity contribution in [1.29, 1.82) is 0 Å². The minimum Gasteiger partial charge on any atom is -0.506 e. The zero-order valence-electron chi connectivity index (χ0n) is 16.2. The lowest BCUT2D eigenvalue weighted by Crippen LogP contribution is -2.35. The molecule has 0 aliphatic carbocycles. The van der Waals surface area contributed by atoms with Crippen molar-refractivity contribution in [3.63, 3.8) is 0 Å². The van der Waals surface area contributed by atoms with Crippen LogP contribution in [-0.2, 0) is 4.79 Å². The third-order valence-corrected chi connectivity index (χ3v) is 5.85. The molecule has 3 rings (SSSR count). The Balaban J connectivity index is 1.74. The average molecular weight is 551 g/mol. The predicted molar refractivity (Wildman–Crippen MR) is 125 cm³/mol. The lowest BCUT2D eigenvalue weighted by atomic mass is 10.1. The normalized spacial score (nSPS) is 12.1. The van der Waals surface area contributed by atoms with Crippen LogP contribution in [0.1, 0.15) is 18.9 Å². The summed E-state index contributed by atoms with van der Waals surface area (Å²) in [4.78, 5) is 22.9. The third-order valence-electron chi connectivity index (χ3n) is 4.43. The van der Waals surface area contributed by atoms with Crippen molar-refractivity contribution in [3.05, 3.63) is 73.2 Å². The molecule has 2 N–H and O–H groups in total. The number of ether oxygens (including phenoxy) is 1. The second-order valence-electron chi connectivity index (χ2n) is 6.47. The van der Waals surface area contributed by atoms with Crippen LogP contribution in [0.5, 0.6) is 11.5 Å². The highest BCUT2D eigenvalue weighted by Gasteiger charge is 2.20. The van der Waals surface area contributed by atoms with Crippen molar-refractivity contribution in [2.75, 3.05) is 0 Å². The molecule has 0 saturated carbocycles. The Morgan fingerprint density at radius 2 is 2.03 bits per heavy atom. The SMILES string of the molecule is CC[C@@H](Oc1ccc2ccccc2c1Br)C(=O)N/N=C\c1cc([N+](=O)[O-])cc(Br)c1O. The summed E-state index contributed by atoms with van der Waals surface area (Å²) in [6.45, 7) is 1.80. The van der Waals surface area contributed by atoms with Crippen molar-refractivity contribution in [3.8, 4) is 11.5 Å². The molecule has 0 radical (unpaired) electrons. The molecule has 160 valence electrons. The molecule has 3 aromatic carbocycles. The first-order chi connectivity index (χ1) is 14.8. The van der Waals surface area contributed by atoms with Gasteiger partial charge in [-0.05, 0) is 55.1 Å². The van der Waals surface area contributed by atoms with Gasteiger partial charge in [0.1, 0.15) is 11.5 Å². The zero-order valence-corrected chi connectivity index (χ0v) is 19.4. The molecule has 3 aromatic rings. The zero-order chi connectivity index (χ0) is 22.5. The molecule has 0 bridgehead atoms. The molecule has 0 spiro atoms. The van der Waals surface area contributed by atoms with Crippen LogP contribution in [-0.4, -0.2) is 28.3 Å². The summed E-state index contributed by atoms with van der Waals surface area (Å²) in [6.07, 6.45) is 0.692. The first-order valence-corrected chi connectivity index (χ1v) is 10.7. The fourth-order valence-electron chi connectivity index (χ4n) is 2.83. The predicted octanol–water partition coefficient (Wildman–Crippen LogP) is 5.29. The van der Waals surface area contributed by atoms with Gasteiger partial charge in [0.15, 0.2) is 6.10 Å². The molecule has 0 heterocycles. The molecular formula is C21H17Br2N3O5. The van der Waals surface area contributed by atoms with Gasteiger partial charge in [-0.15, -0.1) is 0 Å². The molecule has 0 aliphatic rings. The molecule has 10 heteroatoms. The average Bonchev–Trinajstić information content (AvgIpc) is 2.76. The van der Waals surface area contributed by atoms with Crippen LogP contribution in [0.2, 0.25) is 0 Å². The van der Waals surface area contributed by atoms with Crippen LogP contribution < -0.4 is 10.2 Å². The number of hydrazone groups is 1. The van der Waals surface area contributed by atoms with Gasteiger partial charge in [-0.2, -0.15) is 5.10 Å². The van der Waals surface area contributed by atoms with E-state index in [9.17, 15) is 20.0 Å². The Hall–Kier alpha value is -2.98. The van der Waals surface area contributed by atoms with Crippen LogP contribution in [0, 0.1) is 10.1 Å². The van der Waals surface area contributed by atoms with Crippen LogP contribution in [0.4, 0.5) is 5.69 Å². The molecule has 0 fully saturated rings. The number of nitrogens with one attached hydrogen (secondary N) is 1. The van der Waals surface area contributed by atoms with Crippen molar-refractivity contribution in [2.24, 2.45) is 5.10 Å². The first kappa shape index (κ1) is 22.7. The number of carbonyl (C=O) groups is 1. The summed E-state index contributed by atoms with van der Waals surface area (Å²) in [6, 6.07) is 13.8. The summed E-state index contributed by atoms with van der Waals surface area (Å²) < 4.78 is 6.77. The Labute approximate surface area is 194 Å². The monoisotopic (exact) mass is 549 g/mol. The fourth-order valence-corrected chi connectivity index (χ4v) is 3.88. The number of rotatable bonds is 7. The Morgan fingerprint density at radius 3 is 2.74 bits per heavy atom. The van der Waals surface area contributed by atoms with Crippen molar-refractivity contribution >= 4 is 60.4 Å². The van der Waals surface area contributed by atoms with Gasteiger partial charge in [0.2, 0.25) is 0 Å². The van der Waals surface area contributed by atoms with Crippen molar-refractivity contribution < 1.29 is 19.6 Å². The van der Waals surface area contributed by atoms with Crippen LogP contribution >= 0.6 is 31.9 Å². The quantitative estimate of drug-likeness (QED) is 0.236. The van der Waals surface area contributed by atoms with E-state index in [0.717, 1.165) is 27.5 Å². The summed E-state index contributed by atoms with van der Waals surface area (Å²) in [7, 11) is 0.